The summed E-state index contributed by atoms with van der Waals surface area (Å²) >= 11 is 1.45. The van der Waals surface area contributed by atoms with E-state index in [1.807, 2.05) is 18.2 Å². The predicted molar refractivity (Wildman–Crippen MR) is 116 cm³/mol. The molecular formula is C23H21N3O3S. The van der Waals surface area contributed by atoms with Crippen LogP contribution in [0.15, 0.2) is 30.3 Å². The Morgan fingerprint density at radius 3 is 2.97 bits per heavy atom. The summed E-state index contributed by atoms with van der Waals surface area (Å²) in [4.78, 5) is 30.6. The molecule has 0 unspecified atom stereocenters. The van der Waals surface area contributed by atoms with Gasteiger partial charge in [-0.25, -0.2) is 4.79 Å². The number of hydrogen-bond acceptors (Lipinski definition) is 6. The van der Waals surface area contributed by atoms with Crippen LogP contribution in [0.25, 0.3) is 10.9 Å². The number of benzene rings is 1. The molecule has 30 heavy (non-hydrogen) atoms. The maximum absolute atomic E-state index is 12.6. The molecule has 2 aromatic heterocycles. The number of nitriles is 1. The molecule has 0 saturated heterocycles. The summed E-state index contributed by atoms with van der Waals surface area (Å²) in [5.74, 6) is -0.459. The molecule has 0 aliphatic heterocycles. The van der Waals surface area contributed by atoms with Crippen molar-refractivity contribution in [3.63, 3.8) is 0 Å². The summed E-state index contributed by atoms with van der Waals surface area (Å²) in [7, 11) is 0. The molecule has 3 aromatic rings. The number of rotatable bonds is 4. The number of pyridine rings is 1. The van der Waals surface area contributed by atoms with E-state index in [-0.39, 0.29) is 0 Å². The number of anilines is 1. The second-order valence-corrected chi connectivity index (χ2v) is 8.73. The SMILES string of the molecule is Cc1cc(C(=O)OCC(=O)Nc2sc3c(c2C#N)CC[C@@H](C)C3)c2ccccc2n1. The number of nitrogens with zero attached hydrogens (tertiary/aromatic N) is 2. The maximum atomic E-state index is 12.6. The smallest absolute Gasteiger partial charge is 0.339 e. The molecule has 152 valence electrons. The number of thiophene rings is 1. The molecule has 2 heterocycles. The van der Waals surface area contributed by atoms with Crippen molar-refractivity contribution in [1.29, 1.82) is 5.26 Å². The van der Waals surface area contributed by atoms with Crippen molar-refractivity contribution in [2.24, 2.45) is 5.92 Å². The Morgan fingerprint density at radius 1 is 1.37 bits per heavy atom. The average molecular weight is 420 g/mol. The Bertz CT molecular complexity index is 1190. The van der Waals surface area contributed by atoms with Crippen LogP contribution in [-0.2, 0) is 22.4 Å². The highest BCUT2D eigenvalue weighted by atomic mass is 32.1. The molecule has 1 N–H and O–H groups in total. The van der Waals surface area contributed by atoms with E-state index in [0.29, 0.717) is 38.6 Å². The quantitative estimate of drug-likeness (QED) is 0.633. The molecule has 0 bridgehead atoms. The van der Waals surface area contributed by atoms with Gasteiger partial charge in [-0.2, -0.15) is 5.26 Å². The van der Waals surface area contributed by atoms with Crippen molar-refractivity contribution in [1.82, 2.24) is 4.98 Å². The summed E-state index contributed by atoms with van der Waals surface area (Å²) < 4.78 is 5.26. The molecule has 7 heteroatoms. The van der Waals surface area contributed by atoms with Crippen molar-refractivity contribution in [3.8, 4) is 6.07 Å². The zero-order chi connectivity index (χ0) is 21.3. The Hall–Kier alpha value is -3.24. The molecule has 0 saturated carbocycles. The Balaban J connectivity index is 1.46. The number of nitrogens with one attached hydrogen (secondary N) is 1. The lowest BCUT2D eigenvalue weighted by molar-refractivity contribution is -0.119. The second kappa shape index (κ2) is 8.25. The largest absolute Gasteiger partial charge is 0.452 e. The number of hydrogen-bond donors (Lipinski definition) is 1. The normalized spacial score (nSPS) is 15.3. The number of para-hydroxylation sites is 1. The van der Waals surface area contributed by atoms with E-state index in [9.17, 15) is 14.9 Å². The van der Waals surface area contributed by atoms with Gasteiger partial charge in [0.2, 0.25) is 0 Å². The van der Waals surface area contributed by atoms with Gasteiger partial charge in [-0.15, -0.1) is 11.3 Å². The van der Waals surface area contributed by atoms with Crippen LogP contribution in [0.1, 0.15) is 45.4 Å². The van der Waals surface area contributed by atoms with Gasteiger partial charge in [-0.1, -0.05) is 25.1 Å². The fraction of sp³-hybridized carbons (Fsp3) is 0.304. The van der Waals surface area contributed by atoms with Gasteiger partial charge in [0.1, 0.15) is 11.1 Å². The number of fused-ring (bicyclic) bond motifs is 2. The Labute approximate surface area is 178 Å². The van der Waals surface area contributed by atoms with Gasteiger partial charge >= 0.3 is 5.97 Å². The average Bonchev–Trinajstić information content (AvgIpc) is 3.07. The molecule has 1 aliphatic rings. The summed E-state index contributed by atoms with van der Waals surface area (Å²) in [6.45, 7) is 3.58. The van der Waals surface area contributed by atoms with E-state index in [2.05, 4.69) is 23.3 Å². The van der Waals surface area contributed by atoms with Crippen LogP contribution < -0.4 is 5.32 Å². The lowest BCUT2D eigenvalue weighted by atomic mass is 9.89. The molecule has 0 radical (unpaired) electrons. The minimum Gasteiger partial charge on any atom is -0.452 e. The van der Waals surface area contributed by atoms with E-state index < -0.39 is 18.5 Å². The van der Waals surface area contributed by atoms with Crippen LogP contribution in [-0.4, -0.2) is 23.5 Å². The van der Waals surface area contributed by atoms with Crippen LogP contribution in [0.5, 0.6) is 0 Å². The van der Waals surface area contributed by atoms with Crippen molar-refractivity contribution in [2.45, 2.75) is 33.1 Å². The number of aromatic nitrogens is 1. The summed E-state index contributed by atoms with van der Waals surface area (Å²) in [5.41, 5.74) is 3.36. The molecule has 4 rings (SSSR count). The van der Waals surface area contributed by atoms with Crippen molar-refractivity contribution < 1.29 is 14.3 Å². The number of carbonyl (C=O) groups excluding carboxylic acids is 2. The van der Waals surface area contributed by atoms with Gasteiger partial charge in [0.25, 0.3) is 5.91 Å². The van der Waals surface area contributed by atoms with Crippen molar-refractivity contribution in [2.75, 3.05) is 11.9 Å². The first-order valence-corrected chi connectivity index (χ1v) is 10.7. The zero-order valence-electron chi connectivity index (χ0n) is 16.8. The first-order chi connectivity index (χ1) is 14.5. The highest BCUT2D eigenvalue weighted by molar-refractivity contribution is 7.16. The standard InChI is InChI=1S/C23H21N3O3S/c1-13-7-8-16-18(11-24)22(30-20(16)9-13)26-21(27)12-29-23(28)17-10-14(2)25-19-6-4-3-5-15(17)19/h3-6,10,13H,7-9,12H2,1-2H3,(H,26,27)/t13-/m1/s1. The molecule has 0 spiro atoms. The highest BCUT2D eigenvalue weighted by Gasteiger charge is 2.25. The molecular weight excluding hydrogens is 398 g/mol. The third kappa shape index (κ3) is 3.91. The molecule has 6 nitrogen and oxygen atoms in total. The van der Waals surface area contributed by atoms with Crippen LogP contribution in [0.2, 0.25) is 0 Å². The summed E-state index contributed by atoms with van der Waals surface area (Å²) in [6, 6.07) is 11.2. The third-order valence-corrected chi connectivity index (χ3v) is 6.44. The maximum Gasteiger partial charge on any atom is 0.339 e. The van der Waals surface area contributed by atoms with E-state index in [1.165, 1.54) is 11.3 Å². The molecule has 1 amide bonds. The minimum atomic E-state index is -0.577. The Kier molecular flexibility index (Phi) is 5.51. The second-order valence-electron chi connectivity index (χ2n) is 7.62. The van der Waals surface area contributed by atoms with Crippen molar-refractivity contribution in [3.05, 3.63) is 57.6 Å². The van der Waals surface area contributed by atoms with Crippen LogP contribution in [0.4, 0.5) is 5.00 Å². The zero-order valence-corrected chi connectivity index (χ0v) is 17.6. The highest BCUT2D eigenvalue weighted by Crippen LogP contribution is 2.39. The fourth-order valence-corrected chi connectivity index (χ4v) is 5.18. The third-order valence-electron chi connectivity index (χ3n) is 5.27. The van der Waals surface area contributed by atoms with Crippen LogP contribution in [0, 0.1) is 24.2 Å². The van der Waals surface area contributed by atoms with Crippen LogP contribution in [0.3, 0.4) is 0 Å². The fourth-order valence-electron chi connectivity index (χ4n) is 3.81. The topological polar surface area (TPSA) is 92.1 Å². The molecule has 1 atom stereocenters. The Morgan fingerprint density at radius 2 is 2.17 bits per heavy atom. The van der Waals surface area contributed by atoms with Gasteiger partial charge in [0.05, 0.1) is 16.6 Å². The number of carbonyl (C=O) groups is 2. The van der Waals surface area contributed by atoms with Gasteiger partial charge < -0.3 is 10.1 Å². The number of esters is 1. The number of ether oxygens (including phenoxy) is 1. The molecule has 1 aliphatic carbocycles. The molecule has 1 aromatic carbocycles. The van der Waals surface area contributed by atoms with Gasteiger partial charge in [0.15, 0.2) is 6.61 Å². The van der Waals surface area contributed by atoms with E-state index in [0.717, 1.165) is 29.7 Å². The number of amides is 1. The van der Waals surface area contributed by atoms with Gasteiger partial charge in [0, 0.05) is 16.0 Å². The first kappa shape index (κ1) is 20.0. The van der Waals surface area contributed by atoms with E-state index in [4.69, 9.17) is 4.74 Å². The molecule has 0 fully saturated rings. The number of aryl methyl sites for hydroxylation is 1. The predicted octanol–water partition coefficient (Wildman–Crippen LogP) is 4.40. The van der Waals surface area contributed by atoms with Crippen molar-refractivity contribution >= 4 is 39.1 Å². The summed E-state index contributed by atoms with van der Waals surface area (Å²) in [5, 5.41) is 13.5. The first-order valence-electron chi connectivity index (χ1n) is 9.84. The monoisotopic (exact) mass is 419 g/mol. The van der Waals surface area contributed by atoms with Gasteiger partial charge in [-0.3, -0.25) is 9.78 Å². The minimum absolute atomic E-state index is 0.379. The summed E-state index contributed by atoms with van der Waals surface area (Å²) in [6.07, 6.45) is 2.83. The van der Waals surface area contributed by atoms with Crippen LogP contribution >= 0.6 is 11.3 Å². The van der Waals surface area contributed by atoms with Gasteiger partial charge in [-0.05, 0) is 49.8 Å². The van der Waals surface area contributed by atoms with E-state index >= 15 is 0 Å². The lowest BCUT2D eigenvalue weighted by Crippen LogP contribution is -2.21. The lowest BCUT2D eigenvalue weighted by Gasteiger charge is -2.17. The van der Waals surface area contributed by atoms with E-state index in [1.54, 1.807) is 19.1 Å².